The second-order valence-corrected chi connectivity index (χ2v) is 7.04. The van der Waals surface area contributed by atoms with Crippen molar-refractivity contribution in [1.29, 1.82) is 0 Å². The van der Waals surface area contributed by atoms with Gasteiger partial charge in [0.1, 0.15) is 0 Å². The molecule has 0 aromatic heterocycles. The maximum absolute atomic E-state index is 11.4. The van der Waals surface area contributed by atoms with Crippen LogP contribution in [0.2, 0.25) is 0 Å². The summed E-state index contributed by atoms with van der Waals surface area (Å²) in [6.45, 7) is 7.18. The number of hydrogen-bond donors (Lipinski definition) is 1. The first-order valence-electron chi connectivity index (χ1n) is 6.11. The monoisotopic (exact) mass is 264 g/mol. The van der Waals surface area contributed by atoms with Crippen LogP contribution in [0, 0.1) is 0 Å². The molecule has 1 aliphatic rings. The van der Waals surface area contributed by atoms with Gasteiger partial charge in [-0.05, 0) is 13.8 Å². The van der Waals surface area contributed by atoms with E-state index in [0.717, 1.165) is 13.1 Å². The lowest BCUT2D eigenvalue weighted by Gasteiger charge is -2.33. The van der Waals surface area contributed by atoms with Crippen LogP contribution in [0.5, 0.6) is 0 Å². The normalized spacial score (nSPS) is 26.9. The van der Waals surface area contributed by atoms with Crippen LogP contribution in [0.25, 0.3) is 0 Å². The van der Waals surface area contributed by atoms with Gasteiger partial charge >= 0.3 is 0 Å². The Balaban J connectivity index is 2.24. The van der Waals surface area contributed by atoms with Crippen molar-refractivity contribution in [2.75, 3.05) is 44.9 Å². The quantitative estimate of drug-likeness (QED) is 0.716. The molecule has 1 N–H and O–H groups in total. The number of nitrogens with one attached hydrogen (secondary N) is 1. The summed E-state index contributed by atoms with van der Waals surface area (Å²) >= 11 is 0. The second-order valence-electron chi connectivity index (χ2n) is 4.81. The van der Waals surface area contributed by atoms with Crippen molar-refractivity contribution in [2.45, 2.75) is 25.9 Å². The summed E-state index contributed by atoms with van der Waals surface area (Å²) in [6.07, 6.45) is 0. The van der Waals surface area contributed by atoms with Gasteiger partial charge in [0.05, 0.1) is 18.1 Å². The lowest BCUT2D eigenvalue weighted by Crippen LogP contribution is -2.49. The molecule has 0 aliphatic carbocycles. The van der Waals surface area contributed by atoms with E-state index in [1.54, 1.807) is 7.11 Å². The molecule has 5 nitrogen and oxygen atoms in total. The van der Waals surface area contributed by atoms with Crippen LogP contribution in [-0.4, -0.2) is 70.3 Å². The molecule has 6 heteroatoms. The van der Waals surface area contributed by atoms with Crippen molar-refractivity contribution in [2.24, 2.45) is 0 Å². The zero-order chi connectivity index (χ0) is 12.9. The molecule has 1 aliphatic heterocycles. The first kappa shape index (κ1) is 14.9. The summed E-state index contributed by atoms with van der Waals surface area (Å²) < 4.78 is 27.9. The minimum atomic E-state index is -2.80. The van der Waals surface area contributed by atoms with E-state index in [1.807, 2.05) is 6.92 Å². The third kappa shape index (κ3) is 5.33. The fourth-order valence-electron chi connectivity index (χ4n) is 2.13. The van der Waals surface area contributed by atoms with Crippen LogP contribution in [0.3, 0.4) is 0 Å². The Bertz CT molecular complexity index is 319. The number of nitrogens with zero attached hydrogens (tertiary/aromatic N) is 1. The molecule has 0 bridgehead atoms. The third-order valence-electron chi connectivity index (χ3n) is 3.12. The fourth-order valence-corrected chi connectivity index (χ4v) is 3.75. The van der Waals surface area contributed by atoms with Crippen molar-refractivity contribution in [3.8, 4) is 0 Å². The van der Waals surface area contributed by atoms with Crippen LogP contribution < -0.4 is 5.32 Å². The van der Waals surface area contributed by atoms with Gasteiger partial charge in [-0.3, -0.25) is 4.90 Å². The third-order valence-corrected chi connectivity index (χ3v) is 4.91. The highest BCUT2D eigenvalue weighted by molar-refractivity contribution is 7.91. The molecule has 2 atom stereocenters. The Hall–Kier alpha value is -0.170. The van der Waals surface area contributed by atoms with E-state index in [0.29, 0.717) is 30.7 Å². The molecule has 1 fully saturated rings. The van der Waals surface area contributed by atoms with Crippen molar-refractivity contribution in [1.82, 2.24) is 10.2 Å². The van der Waals surface area contributed by atoms with E-state index in [4.69, 9.17) is 4.74 Å². The molecule has 17 heavy (non-hydrogen) atoms. The molecular weight excluding hydrogens is 240 g/mol. The predicted molar refractivity (Wildman–Crippen MR) is 69.0 cm³/mol. The van der Waals surface area contributed by atoms with Crippen LogP contribution in [0.4, 0.5) is 0 Å². The number of methoxy groups -OCH3 is 1. The van der Waals surface area contributed by atoms with Crippen LogP contribution in [0.1, 0.15) is 13.8 Å². The zero-order valence-electron chi connectivity index (χ0n) is 11.0. The smallest absolute Gasteiger partial charge is 0.153 e. The molecule has 0 radical (unpaired) electrons. The van der Waals surface area contributed by atoms with Gasteiger partial charge in [-0.25, -0.2) is 8.42 Å². The van der Waals surface area contributed by atoms with Gasteiger partial charge in [0, 0.05) is 38.8 Å². The summed E-state index contributed by atoms with van der Waals surface area (Å²) in [6, 6.07) is 0.470. The van der Waals surface area contributed by atoms with Gasteiger partial charge < -0.3 is 10.1 Å². The Labute approximate surface area is 104 Å². The average Bonchev–Trinajstić information content (AvgIpc) is 2.21. The highest BCUT2D eigenvalue weighted by Crippen LogP contribution is 2.10. The molecule has 0 spiro atoms. The van der Waals surface area contributed by atoms with Crippen molar-refractivity contribution < 1.29 is 13.2 Å². The Kier molecular flexibility index (Phi) is 5.85. The summed E-state index contributed by atoms with van der Waals surface area (Å²) in [7, 11) is -1.11. The first-order valence-corrected chi connectivity index (χ1v) is 7.93. The van der Waals surface area contributed by atoms with E-state index in [9.17, 15) is 8.42 Å². The molecular formula is C11H24N2O3S. The van der Waals surface area contributed by atoms with Crippen LogP contribution in [-0.2, 0) is 14.6 Å². The van der Waals surface area contributed by atoms with Crippen molar-refractivity contribution in [3.63, 3.8) is 0 Å². The number of ether oxygens (including phenoxy) is 1. The second kappa shape index (κ2) is 6.68. The molecule has 1 rings (SSSR count). The number of rotatable bonds is 6. The van der Waals surface area contributed by atoms with E-state index in [1.165, 1.54) is 0 Å². The van der Waals surface area contributed by atoms with E-state index < -0.39 is 9.84 Å². The summed E-state index contributed by atoms with van der Waals surface area (Å²) in [5, 5.41) is 3.36. The lowest BCUT2D eigenvalue weighted by molar-refractivity contribution is 0.166. The maximum atomic E-state index is 11.4. The van der Waals surface area contributed by atoms with Crippen LogP contribution in [0.15, 0.2) is 0 Å². The van der Waals surface area contributed by atoms with E-state index >= 15 is 0 Å². The van der Waals surface area contributed by atoms with Crippen LogP contribution >= 0.6 is 0 Å². The number of hydrogen-bond acceptors (Lipinski definition) is 5. The summed E-state index contributed by atoms with van der Waals surface area (Å²) in [5.74, 6) is 0.589. The zero-order valence-corrected chi connectivity index (χ0v) is 11.8. The molecule has 0 aromatic rings. The minimum absolute atomic E-state index is 0.133. The van der Waals surface area contributed by atoms with E-state index in [-0.39, 0.29) is 6.04 Å². The maximum Gasteiger partial charge on any atom is 0.153 e. The highest BCUT2D eigenvalue weighted by Gasteiger charge is 2.27. The molecule has 0 amide bonds. The van der Waals surface area contributed by atoms with Gasteiger partial charge in [-0.2, -0.15) is 0 Å². The fraction of sp³-hybridized carbons (Fsp3) is 1.00. The van der Waals surface area contributed by atoms with Gasteiger partial charge in [0.25, 0.3) is 0 Å². The van der Waals surface area contributed by atoms with Gasteiger partial charge in [0.2, 0.25) is 0 Å². The highest BCUT2D eigenvalue weighted by atomic mass is 32.2. The average molecular weight is 264 g/mol. The minimum Gasteiger partial charge on any atom is -0.383 e. The molecule has 2 unspecified atom stereocenters. The standard InChI is InChI=1S/C11H24N2O3S/c1-10(8-16-3)12-4-5-13-6-7-17(14,15)9-11(13)2/h10-12H,4-9H2,1-3H3. The van der Waals surface area contributed by atoms with E-state index in [2.05, 4.69) is 17.1 Å². The SMILES string of the molecule is COCC(C)NCCN1CCS(=O)(=O)CC1C. The Morgan fingerprint density at radius 1 is 1.53 bits per heavy atom. The van der Waals surface area contributed by atoms with Gasteiger partial charge in [0.15, 0.2) is 9.84 Å². The summed E-state index contributed by atoms with van der Waals surface area (Å²) in [4.78, 5) is 2.23. The molecule has 1 heterocycles. The topological polar surface area (TPSA) is 58.6 Å². The van der Waals surface area contributed by atoms with Crippen molar-refractivity contribution in [3.05, 3.63) is 0 Å². The molecule has 1 saturated heterocycles. The number of sulfone groups is 1. The largest absolute Gasteiger partial charge is 0.383 e. The van der Waals surface area contributed by atoms with Gasteiger partial charge in [-0.1, -0.05) is 0 Å². The van der Waals surface area contributed by atoms with Gasteiger partial charge in [-0.15, -0.1) is 0 Å². The molecule has 102 valence electrons. The summed E-state index contributed by atoms with van der Waals surface area (Å²) in [5.41, 5.74) is 0. The van der Waals surface area contributed by atoms with Crippen molar-refractivity contribution >= 4 is 9.84 Å². The first-order chi connectivity index (χ1) is 7.94. The lowest BCUT2D eigenvalue weighted by atomic mass is 10.3. The molecule has 0 saturated carbocycles. The molecule has 0 aromatic carbocycles. The Morgan fingerprint density at radius 3 is 2.82 bits per heavy atom. The predicted octanol–water partition coefficient (Wildman–Crippen LogP) is -0.270. The Morgan fingerprint density at radius 2 is 2.24 bits per heavy atom.